The van der Waals surface area contributed by atoms with Crippen molar-refractivity contribution in [3.8, 4) is 23.0 Å². The second-order valence-electron chi connectivity index (χ2n) is 6.05. The van der Waals surface area contributed by atoms with Crippen molar-refractivity contribution in [2.75, 3.05) is 35.2 Å². The number of methoxy groups -OCH3 is 4. The predicted molar refractivity (Wildman–Crippen MR) is 97.5 cm³/mol. The van der Waals surface area contributed by atoms with Gasteiger partial charge in [-0.15, -0.1) is 0 Å². The van der Waals surface area contributed by atoms with Crippen molar-refractivity contribution >= 4 is 0 Å². The third kappa shape index (κ3) is 3.95. The summed E-state index contributed by atoms with van der Waals surface area (Å²) < 4.78 is 32.3. The molecule has 0 radical (unpaired) electrons. The van der Waals surface area contributed by atoms with Crippen molar-refractivity contribution < 1.29 is 33.5 Å². The quantitative estimate of drug-likeness (QED) is 0.710. The average Bonchev–Trinajstić information content (AvgIpc) is 3.15. The minimum Gasteiger partial charge on any atom is -0.493 e. The first-order valence-electron chi connectivity index (χ1n) is 8.49. The standard InChI is InChI=1S/C20H24O7/c1-22-16-6-5-12(8-17(16)23-2)7-15(21)13-9-18-19(27-11-26-18)10-14(13)20(24-3)25-4/h5-6,8-10,15,20-21H,7,11H2,1-4H3. The van der Waals surface area contributed by atoms with E-state index < -0.39 is 12.4 Å². The molecular weight excluding hydrogens is 352 g/mol. The molecule has 0 bridgehead atoms. The Morgan fingerprint density at radius 1 is 0.889 bits per heavy atom. The van der Waals surface area contributed by atoms with Gasteiger partial charge in [0, 0.05) is 26.2 Å². The highest BCUT2D eigenvalue weighted by Crippen LogP contribution is 2.40. The number of hydrogen-bond acceptors (Lipinski definition) is 7. The summed E-state index contributed by atoms with van der Waals surface area (Å²) >= 11 is 0. The maximum absolute atomic E-state index is 10.9. The molecule has 1 aliphatic heterocycles. The van der Waals surface area contributed by atoms with Crippen LogP contribution in [0.2, 0.25) is 0 Å². The molecule has 0 spiro atoms. The van der Waals surface area contributed by atoms with E-state index in [1.54, 1.807) is 40.6 Å². The first kappa shape index (κ1) is 19.3. The summed E-state index contributed by atoms with van der Waals surface area (Å²) in [6.45, 7) is 0.147. The normalized spacial score (nSPS) is 13.7. The summed E-state index contributed by atoms with van der Waals surface area (Å²) in [5.74, 6) is 2.44. The van der Waals surface area contributed by atoms with Crippen LogP contribution in [0.15, 0.2) is 30.3 Å². The van der Waals surface area contributed by atoms with Crippen LogP contribution < -0.4 is 18.9 Å². The fraction of sp³-hybridized carbons (Fsp3) is 0.400. The molecule has 0 saturated heterocycles. The predicted octanol–water partition coefficient (Wildman–Crippen LogP) is 3.00. The largest absolute Gasteiger partial charge is 0.493 e. The summed E-state index contributed by atoms with van der Waals surface area (Å²) in [6.07, 6.45) is -1.07. The molecule has 2 aromatic carbocycles. The maximum Gasteiger partial charge on any atom is 0.231 e. The molecule has 1 atom stereocenters. The lowest BCUT2D eigenvalue weighted by atomic mass is 9.95. The lowest BCUT2D eigenvalue weighted by Crippen LogP contribution is -2.12. The van der Waals surface area contributed by atoms with Gasteiger partial charge in [0.25, 0.3) is 0 Å². The van der Waals surface area contributed by atoms with E-state index in [1.165, 1.54) is 0 Å². The number of ether oxygens (including phenoxy) is 6. The van der Waals surface area contributed by atoms with Crippen molar-refractivity contribution in [3.63, 3.8) is 0 Å². The van der Waals surface area contributed by atoms with Crippen molar-refractivity contribution in [1.29, 1.82) is 0 Å². The Hall–Kier alpha value is -2.48. The van der Waals surface area contributed by atoms with Crippen LogP contribution >= 0.6 is 0 Å². The Balaban J connectivity index is 1.93. The van der Waals surface area contributed by atoms with Gasteiger partial charge in [-0.1, -0.05) is 6.07 Å². The minimum absolute atomic E-state index is 0.147. The molecule has 0 amide bonds. The van der Waals surface area contributed by atoms with Crippen molar-refractivity contribution in [2.45, 2.75) is 18.8 Å². The number of aliphatic hydroxyl groups excluding tert-OH is 1. The molecule has 1 unspecified atom stereocenters. The summed E-state index contributed by atoms with van der Waals surface area (Å²) in [6, 6.07) is 9.11. The Bertz CT molecular complexity index is 786. The molecule has 27 heavy (non-hydrogen) atoms. The van der Waals surface area contributed by atoms with Crippen LogP contribution in [0.5, 0.6) is 23.0 Å². The first-order chi connectivity index (χ1) is 13.1. The molecular formula is C20H24O7. The first-order valence-corrected chi connectivity index (χ1v) is 8.49. The van der Waals surface area contributed by atoms with Crippen molar-refractivity contribution in [1.82, 2.24) is 0 Å². The molecule has 7 nitrogen and oxygen atoms in total. The van der Waals surface area contributed by atoms with E-state index in [4.69, 9.17) is 28.4 Å². The topological polar surface area (TPSA) is 75.6 Å². The molecule has 146 valence electrons. The smallest absolute Gasteiger partial charge is 0.231 e. The van der Waals surface area contributed by atoms with Gasteiger partial charge in [-0.05, 0) is 35.4 Å². The maximum atomic E-state index is 10.9. The van der Waals surface area contributed by atoms with Gasteiger partial charge in [0.15, 0.2) is 29.3 Å². The van der Waals surface area contributed by atoms with Crippen LogP contribution in [0.3, 0.4) is 0 Å². The molecule has 7 heteroatoms. The fourth-order valence-corrected chi connectivity index (χ4v) is 3.16. The lowest BCUT2D eigenvalue weighted by Gasteiger charge is -2.22. The molecule has 1 aliphatic rings. The van der Waals surface area contributed by atoms with Gasteiger partial charge in [-0.3, -0.25) is 0 Å². The van der Waals surface area contributed by atoms with Crippen LogP contribution in [0.4, 0.5) is 0 Å². The van der Waals surface area contributed by atoms with Crippen LogP contribution in [-0.4, -0.2) is 40.3 Å². The lowest BCUT2D eigenvalue weighted by molar-refractivity contribution is -0.107. The van der Waals surface area contributed by atoms with E-state index in [9.17, 15) is 5.11 Å². The van der Waals surface area contributed by atoms with Crippen LogP contribution in [0.1, 0.15) is 29.1 Å². The molecule has 0 aromatic heterocycles. The zero-order valence-electron chi connectivity index (χ0n) is 15.9. The zero-order valence-corrected chi connectivity index (χ0v) is 15.9. The summed E-state index contributed by atoms with van der Waals surface area (Å²) in [7, 11) is 6.25. The minimum atomic E-state index is -0.805. The second kappa shape index (κ2) is 8.47. The van der Waals surface area contributed by atoms with Gasteiger partial charge in [0.05, 0.1) is 20.3 Å². The monoisotopic (exact) mass is 376 g/mol. The molecule has 0 fully saturated rings. The Morgan fingerprint density at radius 2 is 1.52 bits per heavy atom. The number of aliphatic hydroxyl groups is 1. The van der Waals surface area contributed by atoms with E-state index in [0.29, 0.717) is 40.5 Å². The van der Waals surface area contributed by atoms with Gasteiger partial charge in [0.2, 0.25) is 6.79 Å². The molecule has 1 heterocycles. The van der Waals surface area contributed by atoms with Gasteiger partial charge < -0.3 is 33.5 Å². The van der Waals surface area contributed by atoms with Crippen molar-refractivity contribution in [2.24, 2.45) is 0 Å². The highest BCUT2D eigenvalue weighted by Gasteiger charge is 2.26. The molecule has 3 rings (SSSR count). The fourth-order valence-electron chi connectivity index (χ4n) is 3.16. The molecule has 2 aromatic rings. The van der Waals surface area contributed by atoms with E-state index in [-0.39, 0.29) is 6.79 Å². The average molecular weight is 376 g/mol. The van der Waals surface area contributed by atoms with Gasteiger partial charge >= 0.3 is 0 Å². The number of rotatable bonds is 8. The second-order valence-corrected chi connectivity index (χ2v) is 6.05. The highest BCUT2D eigenvalue weighted by atomic mass is 16.7. The number of hydrogen-bond donors (Lipinski definition) is 1. The number of benzene rings is 2. The summed E-state index contributed by atoms with van der Waals surface area (Å²) in [4.78, 5) is 0. The Morgan fingerprint density at radius 3 is 2.11 bits per heavy atom. The third-order valence-corrected chi connectivity index (χ3v) is 4.50. The summed E-state index contributed by atoms with van der Waals surface area (Å²) in [5.41, 5.74) is 2.25. The highest BCUT2D eigenvalue weighted by molar-refractivity contribution is 5.50. The summed E-state index contributed by atoms with van der Waals surface area (Å²) in [5, 5.41) is 10.9. The van der Waals surface area contributed by atoms with E-state index in [0.717, 1.165) is 5.56 Å². The SMILES string of the molecule is COc1ccc(CC(O)c2cc3c(cc2C(OC)OC)OCO3)cc1OC. The zero-order chi connectivity index (χ0) is 19.4. The van der Waals surface area contributed by atoms with Crippen LogP contribution in [0.25, 0.3) is 0 Å². The molecule has 0 saturated carbocycles. The Labute approximate surface area is 158 Å². The Kier molecular flexibility index (Phi) is 6.05. The molecule has 1 N–H and O–H groups in total. The van der Waals surface area contributed by atoms with E-state index >= 15 is 0 Å². The third-order valence-electron chi connectivity index (χ3n) is 4.50. The van der Waals surface area contributed by atoms with E-state index in [2.05, 4.69) is 0 Å². The number of fused-ring (bicyclic) bond motifs is 1. The van der Waals surface area contributed by atoms with E-state index in [1.807, 2.05) is 18.2 Å². The molecule has 0 aliphatic carbocycles. The van der Waals surface area contributed by atoms with Gasteiger partial charge in [-0.25, -0.2) is 0 Å². The van der Waals surface area contributed by atoms with Gasteiger partial charge in [0.1, 0.15) is 0 Å². The van der Waals surface area contributed by atoms with Crippen LogP contribution in [-0.2, 0) is 15.9 Å². The van der Waals surface area contributed by atoms with Crippen molar-refractivity contribution in [3.05, 3.63) is 47.0 Å². The van der Waals surface area contributed by atoms with Gasteiger partial charge in [-0.2, -0.15) is 0 Å². The van der Waals surface area contributed by atoms with Crippen LogP contribution in [0, 0.1) is 0 Å².